The average Bonchev–Trinajstić information content (AvgIpc) is 2.04. The van der Waals surface area contributed by atoms with E-state index in [2.05, 4.69) is 25.7 Å². The Morgan fingerprint density at radius 3 is 2.50 bits per heavy atom. The molecule has 0 radical (unpaired) electrons. The summed E-state index contributed by atoms with van der Waals surface area (Å²) in [6.45, 7) is 0. The molecule has 0 bridgehead atoms. The van der Waals surface area contributed by atoms with Crippen LogP contribution in [0.5, 0.6) is 11.5 Å². The molecule has 0 atom stereocenters. The maximum absolute atomic E-state index is 12.5. The lowest BCUT2D eigenvalue weighted by atomic mass is 10.4. The zero-order valence-corrected chi connectivity index (χ0v) is 7.86. The quantitative estimate of drug-likeness (QED) is 0.633. The van der Waals surface area contributed by atoms with Crippen molar-refractivity contribution in [1.29, 1.82) is 0 Å². The van der Waals surface area contributed by atoms with E-state index >= 15 is 0 Å². The van der Waals surface area contributed by atoms with Crippen molar-refractivity contribution < 1.29 is 27.4 Å². The van der Waals surface area contributed by atoms with Crippen LogP contribution in [0.3, 0.4) is 0 Å². The van der Waals surface area contributed by atoms with E-state index in [9.17, 15) is 17.6 Å². The standard InChI is InChI=1S/C6H2BrF4NO2/c7-3-2(14-6(9,10)11)1-12-5(8)4(3)13/h1,13H. The monoisotopic (exact) mass is 275 g/mol. The van der Waals surface area contributed by atoms with E-state index in [-0.39, 0.29) is 0 Å². The molecule has 1 heterocycles. The molecule has 0 amide bonds. The van der Waals surface area contributed by atoms with E-state index in [0.29, 0.717) is 6.20 Å². The van der Waals surface area contributed by atoms with Crippen molar-refractivity contribution in [2.24, 2.45) is 0 Å². The molecule has 14 heavy (non-hydrogen) atoms. The van der Waals surface area contributed by atoms with Gasteiger partial charge in [-0.1, -0.05) is 0 Å². The summed E-state index contributed by atoms with van der Waals surface area (Å²) in [7, 11) is 0. The normalized spacial score (nSPS) is 11.5. The van der Waals surface area contributed by atoms with Gasteiger partial charge in [0.25, 0.3) is 5.95 Å². The predicted octanol–water partition coefficient (Wildman–Crippen LogP) is 2.59. The molecule has 78 valence electrons. The molecule has 0 saturated carbocycles. The second-order valence-corrected chi connectivity index (χ2v) is 2.92. The summed E-state index contributed by atoms with van der Waals surface area (Å²) < 4.78 is 50.5. The average molecular weight is 276 g/mol. The lowest BCUT2D eigenvalue weighted by molar-refractivity contribution is -0.275. The van der Waals surface area contributed by atoms with Crippen LogP contribution in [-0.4, -0.2) is 16.5 Å². The number of hydrogen-bond acceptors (Lipinski definition) is 3. The molecular weight excluding hydrogens is 274 g/mol. The number of nitrogens with zero attached hydrogens (tertiary/aromatic N) is 1. The van der Waals surface area contributed by atoms with E-state index in [4.69, 9.17) is 5.11 Å². The van der Waals surface area contributed by atoms with E-state index in [1.165, 1.54) is 0 Å². The first-order valence-electron chi connectivity index (χ1n) is 3.10. The van der Waals surface area contributed by atoms with E-state index < -0.39 is 28.3 Å². The molecule has 8 heteroatoms. The highest BCUT2D eigenvalue weighted by atomic mass is 79.9. The minimum atomic E-state index is -4.92. The topological polar surface area (TPSA) is 42.4 Å². The molecule has 1 N–H and O–H groups in total. The molecule has 0 spiro atoms. The van der Waals surface area contributed by atoms with Crippen LogP contribution in [0, 0.1) is 5.95 Å². The third kappa shape index (κ3) is 2.47. The smallest absolute Gasteiger partial charge is 0.503 e. The van der Waals surface area contributed by atoms with Gasteiger partial charge in [-0.05, 0) is 15.9 Å². The van der Waals surface area contributed by atoms with Gasteiger partial charge in [-0.2, -0.15) is 4.39 Å². The number of pyridine rings is 1. The van der Waals surface area contributed by atoms with Crippen molar-refractivity contribution in [3.8, 4) is 11.5 Å². The van der Waals surface area contributed by atoms with Gasteiger partial charge < -0.3 is 9.84 Å². The number of aromatic hydroxyl groups is 1. The molecule has 0 unspecified atom stereocenters. The van der Waals surface area contributed by atoms with Crippen LogP contribution in [0.1, 0.15) is 0 Å². The van der Waals surface area contributed by atoms with Gasteiger partial charge in [0.05, 0.1) is 6.20 Å². The molecule has 3 nitrogen and oxygen atoms in total. The highest BCUT2D eigenvalue weighted by molar-refractivity contribution is 9.10. The van der Waals surface area contributed by atoms with Gasteiger partial charge in [-0.25, -0.2) is 4.98 Å². The Bertz CT molecular complexity index is 354. The summed E-state index contributed by atoms with van der Waals surface area (Å²) in [6.07, 6.45) is -4.42. The van der Waals surface area contributed by atoms with Gasteiger partial charge in [0.15, 0.2) is 11.5 Å². The van der Waals surface area contributed by atoms with Crippen molar-refractivity contribution in [2.75, 3.05) is 0 Å². The van der Waals surface area contributed by atoms with Crippen molar-refractivity contribution >= 4 is 15.9 Å². The van der Waals surface area contributed by atoms with Crippen molar-refractivity contribution in [3.05, 3.63) is 16.6 Å². The van der Waals surface area contributed by atoms with Gasteiger partial charge >= 0.3 is 6.36 Å². The van der Waals surface area contributed by atoms with Crippen molar-refractivity contribution in [1.82, 2.24) is 4.98 Å². The van der Waals surface area contributed by atoms with Crippen LogP contribution in [-0.2, 0) is 0 Å². The van der Waals surface area contributed by atoms with Gasteiger partial charge in [0.2, 0.25) is 0 Å². The fourth-order valence-corrected chi connectivity index (χ4v) is 0.983. The molecular formula is C6H2BrF4NO2. The minimum Gasteiger partial charge on any atom is -0.503 e. The summed E-state index contributed by atoms with van der Waals surface area (Å²) in [4.78, 5) is 2.85. The first-order chi connectivity index (χ1) is 6.31. The summed E-state index contributed by atoms with van der Waals surface area (Å²) >= 11 is 2.53. The Morgan fingerprint density at radius 1 is 1.43 bits per heavy atom. The first kappa shape index (κ1) is 11.0. The third-order valence-electron chi connectivity index (χ3n) is 1.14. The molecule has 0 aliphatic carbocycles. The predicted molar refractivity (Wildman–Crippen MR) is 40.2 cm³/mol. The van der Waals surface area contributed by atoms with Crippen LogP contribution >= 0.6 is 15.9 Å². The largest absolute Gasteiger partial charge is 0.573 e. The van der Waals surface area contributed by atoms with Crippen molar-refractivity contribution in [2.45, 2.75) is 6.36 Å². The molecule has 1 rings (SSSR count). The van der Waals surface area contributed by atoms with E-state index in [0.717, 1.165) is 0 Å². The number of rotatable bonds is 1. The Morgan fingerprint density at radius 2 is 2.00 bits per heavy atom. The summed E-state index contributed by atoms with van der Waals surface area (Å²) in [6, 6.07) is 0. The molecule has 0 aliphatic rings. The molecule has 0 aromatic carbocycles. The number of alkyl halides is 3. The third-order valence-corrected chi connectivity index (χ3v) is 1.91. The highest BCUT2D eigenvalue weighted by Gasteiger charge is 2.33. The van der Waals surface area contributed by atoms with Crippen LogP contribution in [0.2, 0.25) is 0 Å². The van der Waals surface area contributed by atoms with Crippen LogP contribution in [0.25, 0.3) is 0 Å². The second-order valence-electron chi connectivity index (χ2n) is 2.12. The first-order valence-corrected chi connectivity index (χ1v) is 3.89. The summed E-state index contributed by atoms with van der Waals surface area (Å²) in [5.74, 6) is -3.13. The molecule has 0 aliphatic heterocycles. The zero-order chi connectivity index (χ0) is 10.9. The van der Waals surface area contributed by atoms with Crippen LogP contribution in [0.4, 0.5) is 17.6 Å². The number of hydrogen-bond donors (Lipinski definition) is 1. The lowest BCUT2D eigenvalue weighted by Crippen LogP contribution is -2.17. The number of aromatic nitrogens is 1. The lowest BCUT2D eigenvalue weighted by Gasteiger charge is -2.10. The van der Waals surface area contributed by atoms with Crippen molar-refractivity contribution in [3.63, 3.8) is 0 Å². The van der Waals surface area contributed by atoms with Gasteiger partial charge in [-0.3, -0.25) is 0 Å². The summed E-state index contributed by atoms with van der Waals surface area (Å²) in [5.41, 5.74) is 0. The Labute approximate surface area is 83.5 Å². The maximum Gasteiger partial charge on any atom is 0.573 e. The van der Waals surface area contributed by atoms with Crippen LogP contribution < -0.4 is 4.74 Å². The fourth-order valence-electron chi connectivity index (χ4n) is 0.636. The number of halogens is 5. The minimum absolute atomic E-state index is 0.507. The molecule has 1 aromatic rings. The van der Waals surface area contributed by atoms with E-state index in [1.54, 1.807) is 0 Å². The summed E-state index contributed by atoms with van der Waals surface area (Å²) in [5, 5.41) is 8.85. The molecule has 1 aromatic heterocycles. The molecule has 0 saturated heterocycles. The van der Waals surface area contributed by atoms with Gasteiger partial charge in [-0.15, -0.1) is 13.2 Å². The highest BCUT2D eigenvalue weighted by Crippen LogP contribution is 2.36. The zero-order valence-electron chi connectivity index (χ0n) is 6.27. The number of ether oxygens (including phenoxy) is 1. The fraction of sp³-hybridized carbons (Fsp3) is 0.167. The van der Waals surface area contributed by atoms with Gasteiger partial charge in [0.1, 0.15) is 4.47 Å². The Kier molecular flexibility index (Phi) is 2.84. The van der Waals surface area contributed by atoms with E-state index in [1.807, 2.05) is 0 Å². The second kappa shape index (κ2) is 3.60. The van der Waals surface area contributed by atoms with Crippen LogP contribution in [0.15, 0.2) is 10.7 Å². The Balaban J connectivity index is 3.06. The SMILES string of the molecule is Oc1c(F)ncc(OC(F)(F)F)c1Br. The molecule has 0 fully saturated rings. The maximum atomic E-state index is 12.5. The van der Waals surface area contributed by atoms with Gasteiger partial charge in [0, 0.05) is 0 Å². The Hall–Kier alpha value is -1.05.